The number of β-amino-alcohol motifs (C(OH)–C–C–N with tert-alkyl or cyclic N) is 1. The first-order chi connectivity index (χ1) is 10.4. The summed E-state index contributed by atoms with van der Waals surface area (Å²) in [6, 6.07) is 1.24. The molecule has 1 saturated heterocycles. The number of nitrogens with zero attached hydrogens (tertiary/aromatic N) is 3. The van der Waals surface area contributed by atoms with Crippen molar-refractivity contribution in [2.75, 3.05) is 26.7 Å². The maximum absolute atomic E-state index is 11.6. The molecule has 0 spiro atoms. The van der Waals surface area contributed by atoms with Gasteiger partial charge in [-0.2, -0.15) is 0 Å². The van der Waals surface area contributed by atoms with Gasteiger partial charge < -0.3 is 15.2 Å². The Kier molecular flexibility index (Phi) is 5.28. The van der Waals surface area contributed by atoms with Gasteiger partial charge in [0.2, 0.25) is 0 Å². The van der Waals surface area contributed by atoms with E-state index in [1.54, 1.807) is 11.9 Å². The molecule has 22 heavy (non-hydrogen) atoms. The number of aromatic nitrogens is 2. The molecule has 122 valence electrons. The summed E-state index contributed by atoms with van der Waals surface area (Å²) < 4.78 is 0. The highest BCUT2D eigenvalue weighted by Gasteiger charge is 2.34. The highest BCUT2D eigenvalue weighted by Crippen LogP contribution is 2.16. The van der Waals surface area contributed by atoms with Crippen molar-refractivity contribution in [2.24, 2.45) is 0 Å². The molecule has 8 heteroatoms. The second-order valence-corrected chi connectivity index (χ2v) is 5.67. The Morgan fingerprint density at radius 2 is 2.27 bits per heavy atom. The number of aromatic amines is 1. The normalized spacial score (nSPS) is 22.4. The lowest BCUT2D eigenvalue weighted by molar-refractivity contribution is -0.138. The van der Waals surface area contributed by atoms with Gasteiger partial charge in [0.1, 0.15) is 5.82 Å². The molecule has 2 heterocycles. The molecule has 1 aliphatic heterocycles. The molecule has 2 atom stereocenters. The minimum atomic E-state index is -0.921. The van der Waals surface area contributed by atoms with Gasteiger partial charge in [-0.25, -0.2) is 4.98 Å². The lowest BCUT2D eigenvalue weighted by Gasteiger charge is -2.24. The van der Waals surface area contributed by atoms with Gasteiger partial charge in [0, 0.05) is 30.9 Å². The maximum atomic E-state index is 11.6. The number of carboxylic acids is 1. The van der Waals surface area contributed by atoms with Crippen LogP contribution in [-0.4, -0.2) is 74.8 Å². The number of nitrogens with one attached hydrogen (secondary N) is 1. The van der Waals surface area contributed by atoms with Crippen molar-refractivity contribution >= 4 is 5.97 Å². The molecule has 0 aromatic carbocycles. The Morgan fingerprint density at radius 3 is 2.91 bits per heavy atom. The molecule has 3 N–H and O–H groups in total. The summed E-state index contributed by atoms with van der Waals surface area (Å²) >= 11 is 0. The number of carboxylic acid groups (broad SMARTS) is 1. The Labute approximate surface area is 128 Å². The zero-order valence-electron chi connectivity index (χ0n) is 12.8. The van der Waals surface area contributed by atoms with Gasteiger partial charge in [-0.3, -0.25) is 19.4 Å². The van der Waals surface area contributed by atoms with E-state index < -0.39 is 12.1 Å². The predicted molar refractivity (Wildman–Crippen MR) is 79.6 cm³/mol. The molecule has 0 unspecified atom stereocenters. The van der Waals surface area contributed by atoms with Gasteiger partial charge in [-0.1, -0.05) is 6.92 Å². The van der Waals surface area contributed by atoms with E-state index >= 15 is 0 Å². The molecule has 0 bridgehead atoms. The molecule has 1 aromatic heterocycles. The monoisotopic (exact) mass is 310 g/mol. The van der Waals surface area contributed by atoms with Gasteiger partial charge >= 0.3 is 5.97 Å². The van der Waals surface area contributed by atoms with E-state index in [4.69, 9.17) is 5.11 Å². The fraction of sp³-hybridized carbons (Fsp3) is 0.643. The van der Waals surface area contributed by atoms with Crippen LogP contribution in [0, 0.1) is 0 Å². The Hall–Kier alpha value is -1.77. The highest BCUT2D eigenvalue weighted by atomic mass is 16.4. The van der Waals surface area contributed by atoms with Crippen LogP contribution in [0.25, 0.3) is 0 Å². The van der Waals surface area contributed by atoms with E-state index in [9.17, 15) is 14.7 Å². The average Bonchev–Trinajstić information content (AvgIpc) is 2.78. The summed E-state index contributed by atoms with van der Waals surface area (Å²) in [6.07, 6.45) is 0.0641. The van der Waals surface area contributed by atoms with Crippen LogP contribution in [0.2, 0.25) is 0 Å². The summed E-state index contributed by atoms with van der Waals surface area (Å²) in [4.78, 5) is 33.0. The minimum Gasteiger partial charge on any atom is -0.480 e. The standard InChI is InChI=1S/C14H22N4O4/c1-3-9-4-13(20)16-12(15-9)7-18-5-10(11(19)6-18)17(2)8-14(21)22/h4,10-11,19H,3,5-8H2,1-2H3,(H,21,22)(H,15,16,20)/t10-,11-/m1/s1. The average molecular weight is 310 g/mol. The topological polar surface area (TPSA) is 110 Å². The third-order valence-corrected chi connectivity index (χ3v) is 3.86. The molecule has 8 nitrogen and oxygen atoms in total. The van der Waals surface area contributed by atoms with Gasteiger partial charge in [0.05, 0.1) is 19.2 Å². The van der Waals surface area contributed by atoms with Crippen molar-refractivity contribution in [1.29, 1.82) is 0 Å². The zero-order valence-corrected chi connectivity index (χ0v) is 12.8. The molecule has 2 rings (SSSR count). The van der Waals surface area contributed by atoms with Crippen molar-refractivity contribution in [3.05, 3.63) is 27.9 Å². The number of aliphatic hydroxyl groups is 1. The van der Waals surface area contributed by atoms with Gasteiger partial charge in [0.25, 0.3) is 5.56 Å². The van der Waals surface area contributed by atoms with Crippen LogP contribution in [0.4, 0.5) is 0 Å². The smallest absolute Gasteiger partial charge is 0.317 e. The predicted octanol–water partition coefficient (Wildman–Crippen LogP) is -1.11. The van der Waals surface area contributed by atoms with E-state index in [-0.39, 0.29) is 18.1 Å². The molecule has 1 fully saturated rings. The Morgan fingerprint density at radius 1 is 1.55 bits per heavy atom. The summed E-state index contributed by atoms with van der Waals surface area (Å²) in [5.41, 5.74) is 0.555. The molecular formula is C14H22N4O4. The molecule has 1 aromatic rings. The summed E-state index contributed by atoms with van der Waals surface area (Å²) in [5.74, 6) is -0.354. The zero-order chi connectivity index (χ0) is 16.3. The molecule has 0 saturated carbocycles. The van der Waals surface area contributed by atoms with Crippen molar-refractivity contribution < 1.29 is 15.0 Å². The molecule has 1 aliphatic rings. The SMILES string of the molecule is CCc1cc(=O)[nH]c(CN2C[C@@H](O)[C@H](N(C)CC(=O)O)C2)n1. The first-order valence-electron chi connectivity index (χ1n) is 7.30. The van der Waals surface area contributed by atoms with E-state index in [0.29, 0.717) is 31.9 Å². The van der Waals surface area contributed by atoms with E-state index in [0.717, 1.165) is 5.69 Å². The number of likely N-dealkylation sites (tertiary alicyclic amines) is 1. The minimum absolute atomic E-state index is 0.115. The van der Waals surface area contributed by atoms with Gasteiger partial charge in [-0.05, 0) is 13.5 Å². The molecule has 0 amide bonds. The van der Waals surface area contributed by atoms with Crippen LogP contribution >= 0.6 is 0 Å². The maximum Gasteiger partial charge on any atom is 0.317 e. The number of aliphatic carboxylic acids is 1. The largest absolute Gasteiger partial charge is 0.480 e. The van der Waals surface area contributed by atoms with Crippen LogP contribution in [0.5, 0.6) is 0 Å². The van der Waals surface area contributed by atoms with Crippen molar-refractivity contribution in [2.45, 2.75) is 32.0 Å². The quantitative estimate of drug-likeness (QED) is 0.611. The fourth-order valence-electron chi connectivity index (χ4n) is 2.77. The molecular weight excluding hydrogens is 288 g/mol. The first kappa shape index (κ1) is 16.6. The first-order valence-corrected chi connectivity index (χ1v) is 7.30. The Bertz CT molecular complexity index is 588. The van der Waals surface area contributed by atoms with Crippen LogP contribution < -0.4 is 5.56 Å². The summed E-state index contributed by atoms with van der Waals surface area (Å²) in [6.45, 7) is 3.20. The van der Waals surface area contributed by atoms with Gasteiger partial charge in [0.15, 0.2) is 0 Å². The third-order valence-electron chi connectivity index (χ3n) is 3.86. The lowest BCUT2D eigenvalue weighted by Crippen LogP contribution is -2.43. The lowest BCUT2D eigenvalue weighted by atomic mass is 10.2. The number of carbonyl (C=O) groups is 1. The molecule has 0 aliphatic carbocycles. The Balaban J connectivity index is 2.02. The number of aryl methyl sites for hydroxylation is 1. The second kappa shape index (κ2) is 6.99. The van der Waals surface area contributed by atoms with Gasteiger partial charge in [-0.15, -0.1) is 0 Å². The number of hydrogen-bond acceptors (Lipinski definition) is 6. The van der Waals surface area contributed by atoms with Crippen LogP contribution in [0.15, 0.2) is 10.9 Å². The van der Waals surface area contributed by atoms with Crippen molar-refractivity contribution in [3.63, 3.8) is 0 Å². The van der Waals surface area contributed by atoms with Crippen molar-refractivity contribution in [1.82, 2.24) is 19.8 Å². The van der Waals surface area contributed by atoms with E-state index in [1.165, 1.54) is 6.07 Å². The number of rotatable bonds is 6. The highest BCUT2D eigenvalue weighted by molar-refractivity contribution is 5.69. The fourth-order valence-corrected chi connectivity index (χ4v) is 2.77. The summed E-state index contributed by atoms with van der Waals surface area (Å²) in [7, 11) is 1.68. The summed E-state index contributed by atoms with van der Waals surface area (Å²) in [5, 5.41) is 18.9. The third kappa shape index (κ3) is 4.12. The van der Waals surface area contributed by atoms with E-state index in [1.807, 2.05) is 11.8 Å². The van der Waals surface area contributed by atoms with Crippen LogP contribution in [0.3, 0.4) is 0 Å². The number of likely N-dealkylation sites (N-methyl/N-ethyl adjacent to an activating group) is 1. The number of H-pyrrole nitrogens is 1. The van der Waals surface area contributed by atoms with Crippen molar-refractivity contribution in [3.8, 4) is 0 Å². The number of hydrogen-bond donors (Lipinski definition) is 3. The second-order valence-electron chi connectivity index (χ2n) is 5.67. The number of aliphatic hydroxyl groups excluding tert-OH is 1. The van der Waals surface area contributed by atoms with Crippen LogP contribution in [0.1, 0.15) is 18.4 Å². The van der Waals surface area contributed by atoms with Crippen LogP contribution in [-0.2, 0) is 17.8 Å². The van der Waals surface area contributed by atoms with E-state index in [2.05, 4.69) is 9.97 Å². The molecule has 0 radical (unpaired) electrons.